The summed E-state index contributed by atoms with van der Waals surface area (Å²) >= 11 is 1.20. The van der Waals surface area contributed by atoms with Gasteiger partial charge in [0.1, 0.15) is 11.6 Å². The van der Waals surface area contributed by atoms with E-state index in [0.29, 0.717) is 17.5 Å². The molecule has 3 aromatic rings. The van der Waals surface area contributed by atoms with E-state index in [2.05, 4.69) is 10.2 Å². The van der Waals surface area contributed by atoms with E-state index in [-0.39, 0.29) is 23.5 Å². The molecule has 1 unspecified atom stereocenters. The number of carbonyl (C=O) groups excluding carboxylic acids is 1. The Bertz CT molecular complexity index is 945. The van der Waals surface area contributed by atoms with Gasteiger partial charge >= 0.3 is 0 Å². The number of aromatic nitrogens is 2. The predicted octanol–water partition coefficient (Wildman–Crippen LogP) is 4.12. The smallest absolute Gasteiger partial charge is 0.277 e. The van der Waals surface area contributed by atoms with Crippen molar-refractivity contribution in [2.45, 2.75) is 24.6 Å². The minimum absolute atomic E-state index is 0.0817. The second-order valence-corrected chi connectivity index (χ2v) is 7.43. The summed E-state index contributed by atoms with van der Waals surface area (Å²) in [7, 11) is 3.34. The van der Waals surface area contributed by atoms with Crippen LogP contribution in [0.5, 0.6) is 5.75 Å². The maximum Gasteiger partial charge on any atom is 0.277 e. The van der Waals surface area contributed by atoms with Crippen LogP contribution in [0.3, 0.4) is 0 Å². The van der Waals surface area contributed by atoms with Gasteiger partial charge in [0, 0.05) is 7.05 Å². The Balaban J connectivity index is 1.52. The van der Waals surface area contributed by atoms with Crippen molar-refractivity contribution >= 4 is 17.7 Å². The van der Waals surface area contributed by atoms with E-state index < -0.39 is 0 Å². The Kier molecular flexibility index (Phi) is 6.87. The monoisotopic (exact) mass is 415 g/mol. The first-order valence-electron chi connectivity index (χ1n) is 9.05. The second-order valence-electron chi connectivity index (χ2n) is 6.51. The Labute approximate surface area is 173 Å². The predicted molar refractivity (Wildman–Crippen MR) is 108 cm³/mol. The van der Waals surface area contributed by atoms with E-state index in [4.69, 9.17) is 9.15 Å². The molecule has 0 aliphatic heterocycles. The first-order valence-corrected chi connectivity index (χ1v) is 10.0. The molecule has 152 valence electrons. The minimum Gasteiger partial charge on any atom is -0.497 e. The van der Waals surface area contributed by atoms with E-state index in [1.807, 2.05) is 31.2 Å². The van der Waals surface area contributed by atoms with Crippen molar-refractivity contribution in [2.75, 3.05) is 19.9 Å². The van der Waals surface area contributed by atoms with Gasteiger partial charge in [-0.3, -0.25) is 4.79 Å². The quantitative estimate of drug-likeness (QED) is 0.516. The van der Waals surface area contributed by atoms with Crippen LogP contribution in [0.1, 0.15) is 30.0 Å². The third-order valence-electron chi connectivity index (χ3n) is 4.61. The van der Waals surface area contributed by atoms with Crippen LogP contribution >= 0.6 is 11.8 Å². The van der Waals surface area contributed by atoms with Crippen LogP contribution in [0.25, 0.3) is 0 Å². The van der Waals surface area contributed by atoms with Gasteiger partial charge in [-0.2, -0.15) is 0 Å². The van der Waals surface area contributed by atoms with Crippen molar-refractivity contribution in [3.05, 3.63) is 71.4 Å². The van der Waals surface area contributed by atoms with Gasteiger partial charge in [0.2, 0.25) is 11.8 Å². The van der Waals surface area contributed by atoms with Gasteiger partial charge in [-0.05, 0) is 42.3 Å². The van der Waals surface area contributed by atoms with Gasteiger partial charge in [0.25, 0.3) is 5.22 Å². The molecule has 1 heterocycles. The van der Waals surface area contributed by atoms with Crippen molar-refractivity contribution in [3.63, 3.8) is 0 Å². The van der Waals surface area contributed by atoms with Gasteiger partial charge in [-0.1, -0.05) is 36.0 Å². The SMILES string of the molecule is COc1ccc(Cc2nnc(SCC(=O)N(C)C(C)c3ccc(F)cc3)o2)cc1. The number of carbonyl (C=O) groups is 1. The molecule has 1 aromatic heterocycles. The van der Waals surface area contributed by atoms with E-state index in [9.17, 15) is 9.18 Å². The van der Waals surface area contributed by atoms with Crippen LogP contribution in [0, 0.1) is 5.82 Å². The molecule has 0 saturated heterocycles. The molecule has 0 radical (unpaired) electrons. The lowest BCUT2D eigenvalue weighted by molar-refractivity contribution is -0.128. The summed E-state index contributed by atoms with van der Waals surface area (Å²) < 4.78 is 23.8. The molecule has 2 aromatic carbocycles. The Hall–Kier alpha value is -2.87. The topological polar surface area (TPSA) is 68.5 Å². The number of hydrogen-bond donors (Lipinski definition) is 0. The fraction of sp³-hybridized carbons (Fsp3) is 0.286. The number of halogens is 1. The van der Waals surface area contributed by atoms with Crippen LogP contribution in [-0.2, 0) is 11.2 Å². The molecule has 8 heteroatoms. The molecule has 3 rings (SSSR count). The minimum atomic E-state index is -0.299. The van der Waals surface area contributed by atoms with E-state index in [1.165, 1.54) is 23.9 Å². The first-order chi connectivity index (χ1) is 14.0. The van der Waals surface area contributed by atoms with Gasteiger partial charge in [-0.15, -0.1) is 10.2 Å². The highest BCUT2D eigenvalue weighted by Gasteiger charge is 2.19. The number of thioether (sulfide) groups is 1. The number of amides is 1. The molecule has 1 amide bonds. The summed E-state index contributed by atoms with van der Waals surface area (Å²) in [6.07, 6.45) is 0.507. The highest BCUT2D eigenvalue weighted by molar-refractivity contribution is 7.99. The lowest BCUT2D eigenvalue weighted by Crippen LogP contribution is -2.31. The van der Waals surface area contributed by atoms with Gasteiger partial charge in [0.05, 0.1) is 25.3 Å². The zero-order valence-electron chi connectivity index (χ0n) is 16.5. The van der Waals surface area contributed by atoms with Crippen LogP contribution in [0.15, 0.2) is 58.2 Å². The fourth-order valence-electron chi connectivity index (χ4n) is 2.69. The Morgan fingerprint density at radius 2 is 1.86 bits per heavy atom. The summed E-state index contributed by atoms with van der Waals surface area (Å²) in [5, 5.41) is 8.39. The summed E-state index contributed by atoms with van der Waals surface area (Å²) in [6.45, 7) is 1.90. The highest BCUT2D eigenvalue weighted by atomic mass is 32.2. The standard InChI is InChI=1S/C21H22FN3O3S/c1-14(16-6-8-17(22)9-7-16)25(2)20(26)13-29-21-24-23-19(28-21)12-15-4-10-18(27-3)11-5-15/h4-11,14H,12-13H2,1-3H3. The van der Waals surface area contributed by atoms with Crippen LogP contribution in [0.4, 0.5) is 4.39 Å². The van der Waals surface area contributed by atoms with Crippen molar-refractivity contribution in [1.82, 2.24) is 15.1 Å². The molecule has 0 saturated carbocycles. The number of methoxy groups -OCH3 is 1. The van der Waals surface area contributed by atoms with E-state index in [1.54, 1.807) is 31.2 Å². The van der Waals surface area contributed by atoms with Crippen molar-refractivity contribution in [1.29, 1.82) is 0 Å². The number of rotatable bonds is 8. The van der Waals surface area contributed by atoms with Gasteiger partial charge < -0.3 is 14.1 Å². The molecule has 1 atom stereocenters. The number of ether oxygens (including phenoxy) is 1. The Morgan fingerprint density at radius 1 is 1.17 bits per heavy atom. The summed E-state index contributed by atoms with van der Waals surface area (Å²) in [5.41, 5.74) is 1.89. The third kappa shape index (κ3) is 5.57. The highest BCUT2D eigenvalue weighted by Crippen LogP contribution is 2.23. The maximum absolute atomic E-state index is 13.1. The number of nitrogens with zero attached hydrogens (tertiary/aromatic N) is 3. The lowest BCUT2D eigenvalue weighted by Gasteiger charge is -2.25. The average molecular weight is 415 g/mol. The molecule has 0 bridgehead atoms. The van der Waals surface area contributed by atoms with Crippen LogP contribution in [0.2, 0.25) is 0 Å². The Morgan fingerprint density at radius 3 is 2.52 bits per heavy atom. The molecule has 0 spiro atoms. The molecule has 0 aliphatic carbocycles. The number of benzene rings is 2. The lowest BCUT2D eigenvalue weighted by atomic mass is 10.1. The first kappa shape index (κ1) is 20.9. The average Bonchev–Trinajstić information content (AvgIpc) is 3.19. The molecule has 0 N–H and O–H groups in total. The van der Waals surface area contributed by atoms with E-state index >= 15 is 0 Å². The molecular weight excluding hydrogens is 393 g/mol. The van der Waals surface area contributed by atoms with Crippen molar-refractivity contribution in [3.8, 4) is 5.75 Å². The van der Waals surface area contributed by atoms with Gasteiger partial charge in [0.15, 0.2) is 0 Å². The molecule has 6 nitrogen and oxygen atoms in total. The second kappa shape index (κ2) is 9.56. The van der Waals surface area contributed by atoms with E-state index in [0.717, 1.165) is 16.9 Å². The largest absolute Gasteiger partial charge is 0.497 e. The molecule has 29 heavy (non-hydrogen) atoms. The van der Waals surface area contributed by atoms with Crippen LogP contribution in [-0.4, -0.2) is 40.9 Å². The normalized spacial score (nSPS) is 11.9. The molecule has 0 fully saturated rings. The van der Waals surface area contributed by atoms with Gasteiger partial charge in [-0.25, -0.2) is 4.39 Å². The van der Waals surface area contributed by atoms with Crippen molar-refractivity contribution in [2.24, 2.45) is 0 Å². The van der Waals surface area contributed by atoms with Crippen molar-refractivity contribution < 1.29 is 18.3 Å². The maximum atomic E-state index is 13.1. The molecular formula is C21H22FN3O3S. The zero-order valence-corrected chi connectivity index (χ0v) is 17.3. The van der Waals surface area contributed by atoms with Crippen LogP contribution < -0.4 is 4.74 Å². The third-order valence-corrected chi connectivity index (χ3v) is 5.41. The molecule has 0 aliphatic rings. The number of hydrogen-bond acceptors (Lipinski definition) is 6. The summed E-state index contributed by atoms with van der Waals surface area (Å²) in [4.78, 5) is 14.1. The summed E-state index contributed by atoms with van der Waals surface area (Å²) in [6, 6.07) is 13.6. The zero-order chi connectivity index (χ0) is 20.8. The summed E-state index contributed by atoms with van der Waals surface area (Å²) in [5.74, 6) is 1.06. The fourth-order valence-corrected chi connectivity index (χ4v) is 3.40.